The Hall–Kier alpha value is -1.10. The van der Waals surface area contributed by atoms with Gasteiger partial charge in [-0.3, -0.25) is 4.79 Å². The number of carboxylic acids is 1. The Kier molecular flexibility index (Phi) is 5.10. The highest BCUT2D eigenvalue weighted by molar-refractivity contribution is 5.72. The molecule has 0 aliphatic heterocycles. The minimum absolute atomic E-state index is 0.149. The summed E-state index contributed by atoms with van der Waals surface area (Å²) in [6.07, 6.45) is 0. The monoisotopic (exact) mass is 161 g/mol. The van der Waals surface area contributed by atoms with Crippen LogP contribution in [0, 0.1) is 0 Å². The van der Waals surface area contributed by atoms with Crippen LogP contribution in [-0.2, 0) is 14.3 Å². The highest BCUT2D eigenvalue weighted by Crippen LogP contribution is 1.72. The maximum Gasteiger partial charge on any atom is 0.329 e. The minimum Gasteiger partial charge on any atom is -0.480 e. The summed E-state index contributed by atoms with van der Waals surface area (Å²) in [5.41, 5.74) is 0. The van der Waals surface area contributed by atoms with E-state index in [4.69, 9.17) is 5.11 Å². The number of carboxylic acid groups (broad SMARTS) is 1. The molecule has 2 N–H and O–H groups in total. The van der Waals surface area contributed by atoms with Gasteiger partial charge in [0.05, 0.1) is 6.61 Å². The van der Waals surface area contributed by atoms with Crippen molar-refractivity contribution in [2.24, 2.45) is 0 Å². The summed E-state index contributed by atoms with van der Waals surface area (Å²) in [4.78, 5) is 20.1. The summed E-state index contributed by atoms with van der Waals surface area (Å²) >= 11 is 0. The molecular weight excluding hydrogens is 150 g/mol. The van der Waals surface area contributed by atoms with Crippen molar-refractivity contribution < 1.29 is 19.4 Å². The summed E-state index contributed by atoms with van der Waals surface area (Å²) in [6, 6.07) is 0. The fourth-order valence-corrected chi connectivity index (χ4v) is 0.459. The van der Waals surface area contributed by atoms with Crippen molar-refractivity contribution in [1.29, 1.82) is 0 Å². The second-order valence-electron chi connectivity index (χ2n) is 1.93. The largest absolute Gasteiger partial charge is 0.480 e. The van der Waals surface area contributed by atoms with Gasteiger partial charge in [-0.1, -0.05) is 0 Å². The summed E-state index contributed by atoms with van der Waals surface area (Å²) in [5, 5.41) is 10.6. The fraction of sp³-hybridized carbons (Fsp3) is 0.667. The van der Waals surface area contributed by atoms with Crippen molar-refractivity contribution in [3.63, 3.8) is 0 Å². The number of hydrogen-bond donors (Lipinski definition) is 2. The molecule has 5 heteroatoms. The molecular formula is C6H11NO4. The van der Waals surface area contributed by atoms with E-state index < -0.39 is 5.97 Å². The van der Waals surface area contributed by atoms with Gasteiger partial charge in [-0.15, -0.1) is 0 Å². The third-order valence-corrected chi connectivity index (χ3v) is 0.846. The molecule has 0 unspecified atom stereocenters. The molecule has 0 radical (unpaired) electrons. The van der Waals surface area contributed by atoms with E-state index in [1.165, 1.54) is 6.92 Å². The van der Waals surface area contributed by atoms with E-state index in [0.717, 1.165) is 0 Å². The molecule has 0 aliphatic carbocycles. The first-order chi connectivity index (χ1) is 5.13. The number of carbonyl (C=O) groups is 2. The molecule has 0 saturated heterocycles. The third kappa shape index (κ3) is 8.90. The molecule has 0 atom stereocenters. The maximum atomic E-state index is 10.3. The number of aliphatic carboxylic acids is 1. The molecule has 0 rings (SSSR count). The zero-order valence-electron chi connectivity index (χ0n) is 6.29. The predicted molar refractivity (Wildman–Crippen MR) is 37.1 cm³/mol. The summed E-state index contributed by atoms with van der Waals surface area (Å²) in [5.74, 6) is -1.16. The summed E-state index contributed by atoms with van der Waals surface area (Å²) < 4.78 is 4.63. The number of carbonyl (C=O) groups excluding carboxylic acids is 1. The van der Waals surface area contributed by atoms with Crippen LogP contribution in [0.15, 0.2) is 0 Å². The van der Waals surface area contributed by atoms with Crippen molar-refractivity contribution in [3.05, 3.63) is 0 Å². The second-order valence-corrected chi connectivity index (χ2v) is 1.93. The first kappa shape index (κ1) is 9.90. The van der Waals surface area contributed by atoms with Crippen molar-refractivity contribution in [2.75, 3.05) is 19.8 Å². The first-order valence-corrected chi connectivity index (χ1v) is 3.17. The molecule has 0 saturated carbocycles. The van der Waals surface area contributed by atoms with Gasteiger partial charge in [0.15, 0.2) is 0 Å². The van der Waals surface area contributed by atoms with E-state index in [0.29, 0.717) is 6.54 Å². The Balaban J connectivity index is 3.03. The van der Waals surface area contributed by atoms with Gasteiger partial charge >= 0.3 is 5.97 Å². The lowest BCUT2D eigenvalue weighted by molar-refractivity contribution is -0.142. The number of amides is 1. The average molecular weight is 161 g/mol. The van der Waals surface area contributed by atoms with Crippen molar-refractivity contribution in [3.8, 4) is 0 Å². The van der Waals surface area contributed by atoms with E-state index in [-0.39, 0.29) is 19.1 Å². The lowest BCUT2D eigenvalue weighted by atomic mass is 10.6. The molecule has 5 nitrogen and oxygen atoms in total. The smallest absolute Gasteiger partial charge is 0.329 e. The molecule has 0 aliphatic rings. The van der Waals surface area contributed by atoms with Gasteiger partial charge in [0, 0.05) is 13.5 Å². The molecule has 64 valence electrons. The van der Waals surface area contributed by atoms with Crippen molar-refractivity contribution in [2.45, 2.75) is 6.92 Å². The van der Waals surface area contributed by atoms with Gasteiger partial charge < -0.3 is 15.2 Å². The normalized spacial score (nSPS) is 9.18. The molecule has 1 amide bonds. The highest BCUT2D eigenvalue weighted by Gasteiger charge is 1.95. The fourth-order valence-electron chi connectivity index (χ4n) is 0.459. The number of rotatable bonds is 5. The Morgan fingerprint density at radius 2 is 2.18 bits per heavy atom. The predicted octanol–water partition coefficient (Wildman–Crippen LogP) is -0.776. The van der Waals surface area contributed by atoms with Crippen molar-refractivity contribution >= 4 is 11.9 Å². The van der Waals surface area contributed by atoms with Crippen LogP contribution in [-0.4, -0.2) is 36.7 Å². The van der Waals surface area contributed by atoms with Gasteiger partial charge in [0.25, 0.3) is 0 Å². The Morgan fingerprint density at radius 3 is 2.64 bits per heavy atom. The van der Waals surface area contributed by atoms with Gasteiger partial charge in [0.2, 0.25) is 5.91 Å². The van der Waals surface area contributed by atoms with Crippen LogP contribution in [0.5, 0.6) is 0 Å². The second kappa shape index (κ2) is 5.67. The Bertz CT molecular complexity index is 130. The van der Waals surface area contributed by atoms with Crippen LogP contribution in [0.25, 0.3) is 0 Å². The molecule has 0 fully saturated rings. The standard InChI is InChI=1S/C6H11NO4/c1-5(8)7-2-3-11-4-6(9)10/h2-4H2,1H3,(H,7,8)(H,9,10). The molecule has 0 spiro atoms. The minimum atomic E-state index is -1.01. The molecule has 0 aromatic rings. The SMILES string of the molecule is CC(=O)NCCOCC(=O)O. The number of ether oxygens (including phenoxy) is 1. The van der Waals surface area contributed by atoms with Crippen LogP contribution in [0.1, 0.15) is 6.92 Å². The third-order valence-electron chi connectivity index (χ3n) is 0.846. The van der Waals surface area contributed by atoms with Crippen molar-refractivity contribution in [1.82, 2.24) is 5.32 Å². The van der Waals surface area contributed by atoms with Gasteiger partial charge in [-0.25, -0.2) is 4.79 Å². The summed E-state index contributed by atoms with van der Waals surface area (Å²) in [6.45, 7) is 1.64. The van der Waals surface area contributed by atoms with Gasteiger partial charge in [-0.05, 0) is 0 Å². The van der Waals surface area contributed by atoms with Gasteiger partial charge in [0.1, 0.15) is 6.61 Å². The topological polar surface area (TPSA) is 75.6 Å². The van der Waals surface area contributed by atoms with Crippen LogP contribution in [0.4, 0.5) is 0 Å². The van der Waals surface area contributed by atoms with E-state index in [1.54, 1.807) is 0 Å². The van der Waals surface area contributed by atoms with E-state index in [2.05, 4.69) is 10.1 Å². The molecule has 0 aromatic carbocycles. The first-order valence-electron chi connectivity index (χ1n) is 3.17. The molecule has 11 heavy (non-hydrogen) atoms. The van der Waals surface area contributed by atoms with E-state index in [1.807, 2.05) is 0 Å². The zero-order chi connectivity index (χ0) is 8.69. The van der Waals surface area contributed by atoms with Crippen LogP contribution >= 0.6 is 0 Å². The Morgan fingerprint density at radius 1 is 1.55 bits per heavy atom. The van der Waals surface area contributed by atoms with E-state index in [9.17, 15) is 9.59 Å². The lowest BCUT2D eigenvalue weighted by Crippen LogP contribution is -2.25. The maximum absolute atomic E-state index is 10.3. The Labute approximate surface area is 64.3 Å². The highest BCUT2D eigenvalue weighted by atomic mass is 16.5. The quantitative estimate of drug-likeness (QED) is 0.519. The molecule has 0 aromatic heterocycles. The molecule has 0 heterocycles. The lowest BCUT2D eigenvalue weighted by Gasteiger charge is -2.00. The number of nitrogens with one attached hydrogen (secondary N) is 1. The number of hydrogen-bond acceptors (Lipinski definition) is 3. The average Bonchev–Trinajstić information content (AvgIpc) is 1.85. The molecule has 0 bridgehead atoms. The van der Waals surface area contributed by atoms with Crippen LogP contribution in [0.2, 0.25) is 0 Å². The van der Waals surface area contributed by atoms with Crippen LogP contribution < -0.4 is 5.32 Å². The van der Waals surface area contributed by atoms with Crippen LogP contribution in [0.3, 0.4) is 0 Å². The zero-order valence-corrected chi connectivity index (χ0v) is 6.29. The summed E-state index contributed by atoms with van der Waals surface area (Å²) in [7, 11) is 0. The van der Waals surface area contributed by atoms with E-state index >= 15 is 0 Å². The van der Waals surface area contributed by atoms with Gasteiger partial charge in [-0.2, -0.15) is 0 Å².